The summed E-state index contributed by atoms with van der Waals surface area (Å²) < 4.78 is 4.73. The van der Waals surface area contributed by atoms with Crippen LogP contribution in [0.3, 0.4) is 0 Å². The van der Waals surface area contributed by atoms with E-state index in [-0.39, 0.29) is 18.4 Å². The highest BCUT2D eigenvalue weighted by molar-refractivity contribution is 5.82. The highest BCUT2D eigenvalue weighted by atomic mass is 16.5. The number of hydrogen-bond acceptors (Lipinski definition) is 4. The molecule has 0 saturated carbocycles. The molecule has 1 unspecified atom stereocenters. The summed E-state index contributed by atoms with van der Waals surface area (Å²) in [5.41, 5.74) is 7.35. The SMILES string of the molecule is CCOC(=O)CNC(=O)CC(C)c1ccc(N)cc1. The fraction of sp³-hybridized carbons (Fsp3) is 0.429. The molecule has 0 heterocycles. The third-order valence-corrected chi connectivity index (χ3v) is 2.73. The molecule has 5 heteroatoms. The average molecular weight is 264 g/mol. The summed E-state index contributed by atoms with van der Waals surface area (Å²) in [6.07, 6.45) is 0.323. The van der Waals surface area contributed by atoms with Crippen LogP contribution >= 0.6 is 0 Å². The Labute approximate surface area is 113 Å². The molecule has 0 aliphatic heterocycles. The molecule has 1 aromatic carbocycles. The Morgan fingerprint density at radius 1 is 1.32 bits per heavy atom. The molecule has 1 rings (SSSR count). The van der Waals surface area contributed by atoms with E-state index in [1.165, 1.54) is 0 Å². The summed E-state index contributed by atoms with van der Waals surface area (Å²) in [7, 11) is 0. The highest BCUT2D eigenvalue weighted by Crippen LogP contribution is 2.19. The van der Waals surface area contributed by atoms with E-state index in [9.17, 15) is 9.59 Å². The van der Waals surface area contributed by atoms with Crippen molar-refractivity contribution < 1.29 is 14.3 Å². The normalized spacial score (nSPS) is 11.7. The smallest absolute Gasteiger partial charge is 0.325 e. The molecule has 0 spiro atoms. The van der Waals surface area contributed by atoms with Crippen LogP contribution in [-0.4, -0.2) is 25.0 Å². The van der Waals surface area contributed by atoms with Crippen molar-refractivity contribution in [2.24, 2.45) is 0 Å². The monoisotopic (exact) mass is 264 g/mol. The number of nitrogens with two attached hydrogens (primary N) is 1. The molecule has 3 N–H and O–H groups in total. The molecule has 1 aromatic rings. The third-order valence-electron chi connectivity index (χ3n) is 2.73. The molecule has 1 atom stereocenters. The van der Waals surface area contributed by atoms with Crippen LogP contribution in [0, 0.1) is 0 Å². The largest absolute Gasteiger partial charge is 0.465 e. The lowest BCUT2D eigenvalue weighted by Gasteiger charge is -2.12. The average Bonchev–Trinajstić information content (AvgIpc) is 2.37. The number of amides is 1. The first-order valence-corrected chi connectivity index (χ1v) is 6.30. The second-order valence-corrected chi connectivity index (χ2v) is 4.35. The number of esters is 1. The fourth-order valence-electron chi connectivity index (χ4n) is 1.68. The number of nitrogen functional groups attached to an aromatic ring is 1. The number of carbonyl (C=O) groups is 2. The van der Waals surface area contributed by atoms with E-state index in [2.05, 4.69) is 5.32 Å². The predicted molar refractivity (Wildman–Crippen MR) is 73.5 cm³/mol. The van der Waals surface area contributed by atoms with Crippen LogP contribution in [0.15, 0.2) is 24.3 Å². The maximum absolute atomic E-state index is 11.7. The molecule has 19 heavy (non-hydrogen) atoms. The summed E-state index contributed by atoms with van der Waals surface area (Å²) in [4.78, 5) is 22.7. The van der Waals surface area contributed by atoms with E-state index in [4.69, 9.17) is 10.5 Å². The molecule has 0 aliphatic rings. The van der Waals surface area contributed by atoms with Crippen LogP contribution in [0.1, 0.15) is 31.7 Å². The minimum atomic E-state index is -0.420. The zero-order valence-corrected chi connectivity index (χ0v) is 11.3. The van der Waals surface area contributed by atoms with Gasteiger partial charge in [0.05, 0.1) is 6.61 Å². The molecule has 0 aliphatic carbocycles. The van der Waals surface area contributed by atoms with Gasteiger partial charge in [-0.2, -0.15) is 0 Å². The first kappa shape index (κ1) is 15.0. The minimum Gasteiger partial charge on any atom is -0.465 e. The molecule has 0 aromatic heterocycles. The lowest BCUT2D eigenvalue weighted by atomic mass is 9.97. The highest BCUT2D eigenvalue weighted by Gasteiger charge is 2.12. The number of rotatable bonds is 6. The molecule has 5 nitrogen and oxygen atoms in total. The van der Waals surface area contributed by atoms with Crippen molar-refractivity contribution in [1.29, 1.82) is 0 Å². The molecular formula is C14H20N2O3. The zero-order chi connectivity index (χ0) is 14.3. The zero-order valence-electron chi connectivity index (χ0n) is 11.3. The van der Waals surface area contributed by atoms with Crippen molar-refractivity contribution in [1.82, 2.24) is 5.32 Å². The van der Waals surface area contributed by atoms with Crippen molar-refractivity contribution in [2.45, 2.75) is 26.2 Å². The van der Waals surface area contributed by atoms with Crippen molar-refractivity contribution >= 4 is 17.6 Å². The second kappa shape index (κ2) is 7.41. The number of anilines is 1. The molecule has 0 saturated heterocycles. The minimum absolute atomic E-state index is 0.0720. The van der Waals surface area contributed by atoms with Gasteiger partial charge in [-0.1, -0.05) is 19.1 Å². The van der Waals surface area contributed by atoms with Crippen molar-refractivity contribution in [2.75, 3.05) is 18.9 Å². The molecule has 104 valence electrons. The second-order valence-electron chi connectivity index (χ2n) is 4.35. The Morgan fingerprint density at radius 3 is 2.53 bits per heavy atom. The Kier molecular flexibility index (Phi) is 5.85. The summed E-state index contributed by atoms with van der Waals surface area (Å²) in [5.74, 6) is -0.517. The summed E-state index contributed by atoms with van der Waals surface area (Å²) in [6, 6.07) is 7.42. The summed E-state index contributed by atoms with van der Waals surface area (Å²) in [5, 5.41) is 2.54. The van der Waals surface area contributed by atoms with Gasteiger partial charge in [0.2, 0.25) is 5.91 Å². The van der Waals surface area contributed by atoms with Crippen LogP contribution < -0.4 is 11.1 Å². The Hall–Kier alpha value is -2.04. The van der Waals surface area contributed by atoms with E-state index in [0.717, 1.165) is 5.56 Å². The van der Waals surface area contributed by atoms with Gasteiger partial charge in [0.25, 0.3) is 0 Å². The van der Waals surface area contributed by atoms with E-state index < -0.39 is 5.97 Å². The van der Waals surface area contributed by atoms with Crippen molar-refractivity contribution in [3.63, 3.8) is 0 Å². The molecule has 0 bridgehead atoms. The summed E-state index contributed by atoms with van der Waals surface area (Å²) in [6.45, 7) is 3.91. The number of hydrogen-bond donors (Lipinski definition) is 2. The maximum Gasteiger partial charge on any atom is 0.325 e. The van der Waals surface area contributed by atoms with Gasteiger partial charge in [0.1, 0.15) is 6.54 Å². The Balaban J connectivity index is 2.39. The van der Waals surface area contributed by atoms with Gasteiger partial charge in [0.15, 0.2) is 0 Å². The van der Waals surface area contributed by atoms with Crippen molar-refractivity contribution in [3.8, 4) is 0 Å². The molecule has 0 fully saturated rings. The molecular weight excluding hydrogens is 244 g/mol. The van der Waals surface area contributed by atoms with Crippen LogP contribution in [0.4, 0.5) is 5.69 Å². The standard InChI is InChI=1S/C14H20N2O3/c1-3-19-14(18)9-16-13(17)8-10(2)11-4-6-12(15)7-5-11/h4-7,10H,3,8-9,15H2,1-2H3,(H,16,17). The van der Waals surface area contributed by atoms with Crippen LogP contribution in [0.2, 0.25) is 0 Å². The van der Waals surface area contributed by atoms with Gasteiger partial charge in [-0.25, -0.2) is 0 Å². The topological polar surface area (TPSA) is 81.4 Å². The van der Waals surface area contributed by atoms with Gasteiger partial charge in [0, 0.05) is 12.1 Å². The Bertz CT molecular complexity index is 429. The van der Waals surface area contributed by atoms with E-state index in [0.29, 0.717) is 18.7 Å². The van der Waals surface area contributed by atoms with Crippen LogP contribution in [-0.2, 0) is 14.3 Å². The fourth-order valence-corrected chi connectivity index (χ4v) is 1.68. The molecule has 1 amide bonds. The van der Waals surface area contributed by atoms with E-state index >= 15 is 0 Å². The van der Waals surface area contributed by atoms with E-state index in [1.807, 2.05) is 31.2 Å². The van der Waals surface area contributed by atoms with Gasteiger partial charge < -0.3 is 15.8 Å². The number of carbonyl (C=O) groups excluding carboxylic acids is 2. The number of benzene rings is 1. The van der Waals surface area contributed by atoms with Gasteiger partial charge in [-0.3, -0.25) is 9.59 Å². The Morgan fingerprint density at radius 2 is 1.95 bits per heavy atom. The first-order chi connectivity index (χ1) is 9.02. The quantitative estimate of drug-likeness (QED) is 0.601. The van der Waals surface area contributed by atoms with Gasteiger partial charge in [-0.15, -0.1) is 0 Å². The lowest BCUT2D eigenvalue weighted by molar-refractivity contribution is -0.143. The van der Waals surface area contributed by atoms with Gasteiger partial charge >= 0.3 is 5.97 Å². The van der Waals surface area contributed by atoms with E-state index in [1.54, 1.807) is 6.92 Å². The number of nitrogens with one attached hydrogen (secondary N) is 1. The number of ether oxygens (including phenoxy) is 1. The third kappa shape index (κ3) is 5.42. The van der Waals surface area contributed by atoms with Gasteiger partial charge in [-0.05, 0) is 30.5 Å². The first-order valence-electron chi connectivity index (χ1n) is 6.30. The maximum atomic E-state index is 11.7. The van der Waals surface area contributed by atoms with Crippen LogP contribution in [0.25, 0.3) is 0 Å². The molecule has 0 radical (unpaired) electrons. The predicted octanol–water partition coefficient (Wildman–Crippen LogP) is 1.44. The van der Waals surface area contributed by atoms with Crippen LogP contribution in [0.5, 0.6) is 0 Å². The van der Waals surface area contributed by atoms with Crippen molar-refractivity contribution in [3.05, 3.63) is 29.8 Å². The lowest BCUT2D eigenvalue weighted by Crippen LogP contribution is -2.31. The summed E-state index contributed by atoms with van der Waals surface area (Å²) >= 11 is 0.